The highest BCUT2D eigenvalue weighted by atomic mass is 16.3. The Morgan fingerprint density at radius 2 is 2.00 bits per heavy atom. The van der Waals surface area contributed by atoms with Crippen LogP contribution in [0.25, 0.3) is 11.3 Å². The summed E-state index contributed by atoms with van der Waals surface area (Å²) in [6, 6.07) is 16.7. The fourth-order valence-corrected chi connectivity index (χ4v) is 3.17. The molecule has 0 bridgehead atoms. The Morgan fingerprint density at radius 3 is 2.86 bits per heavy atom. The number of hydrogen-bond donors (Lipinski definition) is 1. The van der Waals surface area contributed by atoms with Crippen molar-refractivity contribution in [3.05, 3.63) is 77.7 Å². The highest BCUT2D eigenvalue weighted by molar-refractivity contribution is 5.70. The van der Waals surface area contributed by atoms with Crippen molar-refractivity contribution in [3.63, 3.8) is 0 Å². The summed E-state index contributed by atoms with van der Waals surface area (Å²) in [7, 11) is 0. The number of aromatic nitrogens is 2. The highest BCUT2D eigenvalue weighted by Crippen LogP contribution is 2.42. The van der Waals surface area contributed by atoms with E-state index in [0.29, 0.717) is 0 Å². The van der Waals surface area contributed by atoms with E-state index in [-0.39, 0.29) is 6.04 Å². The molecule has 2 atom stereocenters. The standard InChI is InChI=1S/C18H16N2O/c1-12(21)13-5-4-6-14(9-13)18-16-8-3-2-7-15(16)17-10-19-11-20(17)18/h2-12,18,21H,1H3/t12?,18-/m1/s1. The lowest BCUT2D eigenvalue weighted by Gasteiger charge is -2.17. The molecule has 1 aliphatic heterocycles. The van der Waals surface area contributed by atoms with Crippen molar-refractivity contribution in [2.24, 2.45) is 0 Å². The summed E-state index contributed by atoms with van der Waals surface area (Å²) in [4.78, 5) is 4.29. The molecule has 1 unspecified atom stereocenters. The molecule has 1 aliphatic rings. The molecule has 21 heavy (non-hydrogen) atoms. The Morgan fingerprint density at radius 1 is 1.14 bits per heavy atom. The van der Waals surface area contributed by atoms with Gasteiger partial charge in [0.05, 0.1) is 30.4 Å². The number of nitrogens with zero attached hydrogens (tertiary/aromatic N) is 2. The van der Waals surface area contributed by atoms with E-state index in [1.54, 1.807) is 6.92 Å². The number of fused-ring (bicyclic) bond motifs is 3. The maximum absolute atomic E-state index is 9.82. The summed E-state index contributed by atoms with van der Waals surface area (Å²) in [6.45, 7) is 1.80. The minimum atomic E-state index is -0.455. The van der Waals surface area contributed by atoms with E-state index in [1.165, 1.54) is 16.7 Å². The van der Waals surface area contributed by atoms with Crippen LogP contribution >= 0.6 is 0 Å². The van der Waals surface area contributed by atoms with Crippen LogP contribution in [0.3, 0.4) is 0 Å². The zero-order valence-electron chi connectivity index (χ0n) is 11.8. The van der Waals surface area contributed by atoms with Gasteiger partial charge in [-0.15, -0.1) is 0 Å². The molecule has 0 radical (unpaired) electrons. The first-order valence-electron chi connectivity index (χ1n) is 7.15. The Kier molecular flexibility index (Phi) is 2.69. The van der Waals surface area contributed by atoms with Gasteiger partial charge in [0.2, 0.25) is 0 Å². The second-order valence-corrected chi connectivity index (χ2v) is 5.52. The largest absolute Gasteiger partial charge is 0.389 e. The van der Waals surface area contributed by atoms with Crippen LogP contribution < -0.4 is 0 Å². The fraction of sp³-hybridized carbons (Fsp3) is 0.167. The average molecular weight is 276 g/mol. The number of hydrogen-bond acceptors (Lipinski definition) is 2. The zero-order chi connectivity index (χ0) is 14.4. The van der Waals surface area contributed by atoms with Crippen molar-refractivity contribution in [2.75, 3.05) is 0 Å². The molecule has 3 heteroatoms. The van der Waals surface area contributed by atoms with E-state index in [1.807, 2.05) is 24.7 Å². The van der Waals surface area contributed by atoms with Crippen LogP contribution in [-0.4, -0.2) is 14.7 Å². The Balaban J connectivity index is 1.91. The number of imidazole rings is 1. The van der Waals surface area contributed by atoms with Crippen LogP contribution in [-0.2, 0) is 0 Å². The van der Waals surface area contributed by atoms with Crippen LogP contribution in [0.5, 0.6) is 0 Å². The second kappa shape index (κ2) is 4.57. The lowest BCUT2D eigenvalue weighted by atomic mass is 9.95. The summed E-state index contributed by atoms with van der Waals surface area (Å²) >= 11 is 0. The third kappa shape index (κ3) is 1.82. The predicted molar refractivity (Wildman–Crippen MR) is 82.0 cm³/mol. The lowest BCUT2D eigenvalue weighted by Crippen LogP contribution is -2.07. The summed E-state index contributed by atoms with van der Waals surface area (Å²) in [5.74, 6) is 0. The van der Waals surface area contributed by atoms with Gasteiger partial charge in [0.25, 0.3) is 0 Å². The molecule has 0 fully saturated rings. The molecule has 1 aromatic heterocycles. The Bertz CT molecular complexity index is 804. The van der Waals surface area contributed by atoms with E-state index in [2.05, 4.69) is 45.9 Å². The van der Waals surface area contributed by atoms with Crippen molar-refractivity contribution in [2.45, 2.75) is 19.1 Å². The highest BCUT2D eigenvalue weighted by Gasteiger charge is 2.29. The van der Waals surface area contributed by atoms with E-state index in [9.17, 15) is 5.11 Å². The Hall–Kier alpha value is -2.39. The maximum atomic E-state index is 9.82. The maximum Gasteiger partial charge on any atom is 0.0959 e. The van der Waals surface area contributed by atoms with Crippen molar-refractivity contribution in [1.29, 1.82) is 0 Å². The number of aliphatic hydroxyl groups excluding tert-OH is 1. The molecule has 0 aliphatic carbocycles. The third-order valence-electron chi connectivity index (χ3n) is 4.18. The molecular weight excluding hydrogens is 260 g/mol. The van der Waals surface area contributed by atoms with Crippen LogP contribution in [0.1, 0.15) is 35.8 Å². The van der Waals surface area contributed by atoms with Crippen molar-refractivity contribution >= 4 is 0 Å². The number of aliphatic hydroxyl groups is 1. The van der Waals surface area contributed by atoms with Gasteiger partial charge in [0.15, 0.2) is 0 Å². The minimum absolute atomic E-state index is 0.136. The number of rotatable bonds is 2. The first-order chi connectivity index (χ1) is 10.3. The summed E-state index contributed by atoms with van der Waals surface area (Å²) in [5.41, 5.74) is 5.80. The average Bonchev–Trinajstić information content (AvgIpc) is 3.07. The Labute approximate surface area is 123 Å². The molecule has 3 nitrogen and oxygen atoms in total. The van der Waals surface area contributed by atoms with Crippen LogP contribution in [0, 0.1) is 0 Å². The fourth-order valence-electron chi connectivity index (χ4n) is 3.17. The van der Waals surface area contributed by atoms with Gasteiger partial charge in [-0.05, 0) is 23.6 Å². The second-order valence-electron chi connectivity index (χ2n) is 5.52. The molecule has 4 rings (SSSR count). The topological polar surface area (TPSA) is 38.1 Å². The molecular formula is C18H16N2O. The molecule has 0 saturated heterocycles. The first kappa shape index (κ1) is 12.4. The molecule has 0 saturated carbocycles. The lowest BCUT2D eigenvalue weighted by molar-refractivity contribution is 0.199. The summed E-state index contributed by atoms with van der Waals surface area (Å²) < 4.78 is 2.20. The van der Waals surface area contributed by atoms with Crippen LogP contribution in [0.4, 0.5) is 0 Å². The zero-order valence-corrected chi connectivity index (χ0v) is 11.8. The summed E-state index contributed by atoms with van der Waals surface area (Å²) in [6.07, 6.45) is 3.34. The first-order valence-corrected chi connectivity index (χ1v) is 7.15. The molecule has 3 aromatic rings. The van der Waals surface area contributed by atoms with E-state index >= 15 is 0 Å². The molecule has 104 valence electrons. The molecule has 2 heterocycles. The van der Waals surface area contributed by atoms with Gasteiger partial charge < -0.3 is 9.67 Å². The smallest absolute Gasteiger partial charge is 0.0959 e. The van der Waals surface area contributed by atoms with Gasteiger partial charge in [-0.3, -0.25) is 0 Å². The van der Waals surface area contributed by atoms with Crippen molar-refractivity contribution < 1.29 is 5.11 Å². The van der Waals surface area contributed by atoms with Gasteiger partial charge in [0.1, 0.15) is 0 Å². The van der Waals surface area contributed by atoms with Gasteiger partial charge >= 0.3 is 0 Å². The SMILES string of the molecule is CC(O)c1cccc([C@@H]2c3ccccc3-c3cncn32)c1. The van der Waals surface area contributed by atoms with E-state index in [0.717, 1.165) is 11.3 Å². The third-order valence-corrected chi connectivity index (χ3v) is 4.18. The number of benzene rings is 2. The quantitative estimate of drug-likeness (QED) is 0.608. The predicted octanol–water partition coefficient (Wildman–Crippen LogP) is 3.55. The van der Waals surface area contributed by atoms with E-state index in [4.69, 9.17) is 0 Å². The van der Waals surface area contributed by atoms with Gasteiger partial charge in [-0.2, -0.15) is 0 Å². The van der Waals surface area contributed by atoms with Crippen molar-refractivity contribution in [1.82, 2.24) is 9.55 Å². The minimum Gasteiger partial charge on any atom is -0.389 e. The van der Waals surface area contributed by atoms with Gasteiger partial charge in [0, 0.05) is 5.56 Å². The molecule has 2 aromatic carbocycles. The van der Waals surface area contributed by atoms with E-state index < -0.39 is 6.10 Å². The van der Waals surface area contributed by atoms with Crippen LogP contribution in [0.15, 0.2) is 61.1 Å². The summed E-state index contributed by atoms with van der Waals surface area (Å²) in [5, 5.41) is 9.82. The molecule has 0 spiro atoms. The molecule has 1 N–H and O–H groups in total. The molecule has 0 amide bonds. The van der Waals surface area contributed by atoms with Gasteiger partial charge in [-0.25, -0.2) is 4.98 Å². The normalized spacial score (nSPS) is 17.3. The van der Waals surface area contributed by atoms with Crippen LogP contribution in [0.2, 0.25) is 0 Å². The van der Waals surface area contributed by atoms with Gasteiger partial charge in [-0.1, -0.05) is 48.5 Å². The monoisotopic (exact) mass is 276 g/mol. The van der Waals surface area contributed by atoms with Crippen molar-refractivity contribution in [3.8, 4) is 11.3 Å².